The standard InChI is InChI=1S/C20H23NO3/c1-4-9-21-17-12-16(22)7-8-18(17)24-19(20(21)23)11-15-10-13(2)5-6-14(15)3/h5-8,10,12,19,22H,4,9,11H2,1-3H3. The Bertz CT molecular complexity index is 769. The lowest BCUT2D eigenvalue weighted by molar-refractivity contribution is -0.126. The number of anilines is 1. The van der Waals surface area contributed by atoms with Gasteiger partial charge in [-0.15, -0.1) is 0 Å². The molecule has 1 atom stereocenters. The highest BCUT2D eigenvalue weighted by atomic mass is 16.5. The van der Waals surface area contributed by atoms with Gasteiger partial charge >= 0.3 is 0 Å². The predicted molar refractivity (Wildman–Crippen MR) is 94.8 cm³/mol. The maximum Gasteiger partial charge on any atom is 0.268 e. The fraction of sp³-hybridized carbons (Fsp3) is 0.350. The van der Waals surface area contributed by atoms with E-state index in [0.717, 1.165) is 17.5 Å². The summed E-state index contributed by atoms with van der Waals surface area (Å²) in [5.41, 5.74) is 4.12. The molecule has 0 saturated carbocycles. The molecule has 3 rings (SSSR count). The van der Waals surface area contributed by atoms with E-state index in [9.17, 15) is 9.90 Å². The van der Waals surface area contributed by atoms with Crippen LogP contribution in [0.1, 0.15) is 30.0 Å². The monoisotopic (exact) mass is 325 g/mol. The molecule has 1 heterocycles. The molecule has 0 radical (unpaired) electrons. The molecule has 2 aromatic rings. The number of hydrogen-bond acceptors (Lipinski definition) is 3. The minimum absolute atomic E-state index is 0.0455. The minimum Gasteiger partial charge on any atom is -0.508 e. The smallest absolute Gasteiger partial charge is 0.268 e. The van der Waals surface area contributed by atoms with Crippen LogP contribution in [0.25, 0.3) is 0 Å². The van der Waals surface area contributed by atoms with E-state index in [-0.39, 0.29) is 11.7 Å². The predicted octanol–water partition coefficient (Wildman–Crippen LogP) is 3.76. The van der Waals surface area contributed by atoms with E-state index in [4.69, 9.17) is 4.74 Å². The average Bonchev–Trinajstić information content (AvgIpc) is 2.55. The number of carbonyl (C=O) groups excluding carboxylic acids is 1. The number of phenols is 1. The third kappa shape index (κ3) is 3.09. The van der Waals surface area contributed by atoms with E-state index >= 15 is 0 Å². The molecule has 24 heavy (non-hydrogen) atoms. The molecule has 0 spiro atoms. The second kappa shape index (κ2) is 6.56. The molecule has 0 saturated heterocycles. The second-order valence-corrected chi connectivity index (χ2v) is 6.38. The molecule has 0 bridgehead atoms. The van der Waals surface area contributed by atoms with Crippen LogP contribution in [0.4, 0.5) is 5.69 Å². The number of aromatic hydroxyl groups is 1. The number of aryl methyl sites for hydroxylation is 2. The highest BCUT2D eigenvalue weighted by Gasteiger charge is 2.34. The Kier molecular flexibility index (Phi) is 4.47. The van der Waals surface area contributed by atoms with E-state index in [1.807, 2.05) is 13.8 Å². The summed E-state index contributed by atoms with van der Waals surface area (Å²) < 4.78 is 5.97. The van der Waals surface area contributed by atoms with Crippen LogP contribution in [0, 0.1) is 13.8 Å². The lowest BCUT2D eigenvalue weighted by Gasteiger charge is -2.34. The molecule has 0 aromatic heterocycles. The maximum atomic E-state index is 12.9. The van der Waals surface area contributed by atoms with Crippen LogP contribution in [0.15, 0.2) is 36.4 Å². The lowest BCUT2D eigenvalue weighted by Crippen LogP contribution is -2.47. The van der Waals surface area contributed by atoms with E-state index in [2.05, 4.69) is 25.1 Å². The number of ether oxygens (including phenoxy) is 1. The van der Waals surface area contributed by atoms with Gasteiger partial charge in [0, 0.05) is 19.0 Å². The van der Waals surface area contributed by atoms with Gasteiger partial charge in [0.15, 0.2) is 6.10 Å². The molecule has 2 aromatic carbocycles. The first-order valence-corrected chi connectivity index (χ1v) is 8.36. The van der Waals surface area contributed by atoms with Crippen molar-refractivity contribution < 1.29 is 14.6 Å². The average molecular weight is 325 g/mol. The summed E-state index contributed by atoms with van der Waals surface area (Å²) in [6.45, 7) is 6.75. The zero-order valence-electron chi connectivity index (χ0n) is 14.4. The van der Waals surface area contributed by atoms with Crippen LogP contribution in [-0.2, 0) is 11.2 Å². The first kappa shape index (κ1) is 16.4. The van der Waals surface area contributed by atoms with Gasteiger partial charge in [-0.3, -0.25) is 4.79 Å². The van der Waals surface area contributed by atoms with E-state index in [1.54, 1.807) is 23.1 Å². The van der Waals surface area contributed by atoms with E-state index in [0.29, 0.717) is 24.4 Å². The largest absolute Gasteiger partial charge is 0.508 e. The Morgan fingerprint density at radius 2 is 1.96 bits per heavy atom. The van der Waals surface area contributed by atoms with E-state index in [1.165, 1.54) is 5.56 Å². The van der Waals surface area contributed by atoms with Crippen molar-refractivity contribution >= 4 is 11.6 Å². The van der Waals surface area contributed by atoms with Crippen molar-refractivity contribution in [3.05, 3.63) is 53.1 Å². The molecular weight excluding hydrogens is 302 g/mol. The summed E-state index contributed by atoms with van der Waals surface area (Å²) in [6.07, 6.45) is 0.860. The van der Waals surface area contributed by atoms with E-state index < -0.39 is 6.10 Å². The van der Waals surface area contributed by atoms with Crippen LogP contribution < -0.4 is 9.64 Å². The number of phenolic OH excluding ortho intramolecular Hbond substituents is 1. The quantitative estimate of drug-likeness (QED) is 0.931. The molecule has 1 aliphatic rings. The van der Waals surface area contributed by atoms with Gasteiger partial charge in [0.2, 0.25) is 0 Å². The van der Waals surface area contributed by atoms with Gasteiger partial charge in [0.05, 0.1) is 5.69 Å². The Morgan fingerprint density at radius 1 is 1.17 bits per heavy atom. The van der Waals surface area contributed by atoms with Crippen molar-refractivity contribution in [2.75, 3.05) is 11.4 Å². The molecule has 126 valence electrons. The number of hydrogen-bond donors (Lipinski definition) is 1. The highest BCUT2D eigenvalue weighted by molar-refractivity contribution is 6.00. The summed E-state index contributed by atoms with van der Waals surface area (Å²) in [4.78, 5) is 14.6. The van der Waals surface area contributed by atoms with Crippen molar-refractivity contribution in [1.82, 2.24) is 0 Å². The van der Waals surface area contributed by atoms with Crippen molar-refractivity contribution in [3.63, 3.8) is 0 Å². The number of carbonyl (C=O) groups is 1. The summed E-state index contributed by atoms with van der Waals surface area (Å²) in [7, 11) is 0. The topological polar surface area (TPSA) is 49.8 Å². The normalized spacial score (nSPS) is 16.7. The van der Waals surface area contributed by atoms with Gasteiger partial charge in [0.1, 0.15) is 11.5 Å². The molecular formula is C20H23NO3. The molecule has 4 heteroatoms. The van der Waals surface area contributed by atoms with Crippen molar-refractivity contribution in [1.29, 1.82) is 0 Å². The molecule has 1 unspecified atom stereocenters. The van der Waals surface area contributed by atoms with Crippen LogP contribution in [0.3, 0.4) is 0 Å². The lowest BCUT2D eigenvalue weighted by atomic mass is 9.98. The number of nitrogens with zero attached hydrogens (tertiary/aromatic N) is 1. The highest BCUT2D eigenvalue weighted by Crippen LogP contribution is 2.37. The molecule has 4 nitrogen and oxygen atoms in total. The van der Waals surface area contributed by atoms with Crippen molar-refractivity contribution in [3.8, 4) is 11.5 Å². The Morgan fingerprint density at radius 3 is 2.71 bits per heavy atom. The third-order valence-corrected chi connectivity index (χ3v) is 4.40. The Labute approximate surface area is 142 Å². The summed E-state index contributed by atoms with van der Waals surface area (Å²) in [5, 5.41) is 9.73. The van der Waals surface area contributed by atoms with Crippen molar-refractivity contribution in [2.45, 2.75) is 39.7 Å². The first-order valence-electron chi connectivity index (χ1n) is 8.36. The minimum atomic E-state index is -0.533. The Hall–Kier alpha value is -2.49. The third-order valence-electron chi connectivity index (χ3n) is 4.40. The second-order valence-electron chi connectivity index (χ2n) is 6.38. The van der Waals surface area contributed by atoms with Gasteiger partial charge < -0.3 is 14.7 Å². The van der Waals surface area contributed by atoms with Crippen LogP contribution in [-0.4, -0.2) is 23.7 Å². The number of rotatable bonds is 4. The number of benzene rings is 2. The molecule has 1 amide bonds. The Balaban J connectivity index is 1.94. The zero-order chi connectivity index (χ0) is 17.3. The van der Waals surface area contributed by atoms with Gasteiger partial charge in [-0.2, -0.15) is 0 Å². The number of amides is 1. The van der Waals surface area contributed by atoms with Crippen molar-refractivity contribution in [2.24, 2.45) is 0 Å². The van der Waals surface area contributed by atoms with Crippen LogP contribution in [0.2, 0.25) is 0 Å². The molecule has 0 aliphatic carbocycles. The maximum absolute atomic E-state index is 12.9. The number of fused-ring (bicyclic) bond motifs is 1. The van der Waals surface area contributed by atoms with Gasteiger partial charge in [0.25, 0.3) is 5.91 Å². The summed E-state index contributed by atoms with van der Waals surface area (Å²) >= 11 is 0. The fourth-order valence-corrected chi connectivity index (χ4v) is 3.12. The summed E-state index contributed by atoms with van der Waals surface area (Å²) in [5.74, 6) is 0.742. The summed E-state index contributed by atoms with van der Waals surface area (Å²) in [6, 6.07) is 11.2. The van der Waals surface area contributed by atoms with Gasteiger partial charge in [-0.1, -0.05) is 30.7 Å². The zero-order valence-corrected chi connectivity index (χ0v) is 14.4. The SMILES string of the molecule is CCCN1C(=O)C(Cc2cc(C)ccc2C)Oc2ccc(O)cc21. The van der Waals surface area contributed by atoms with Gasteiger partial charge in [-0.05, 0) is 43.5 Å². The van der Waals surface area contributed by atoms with Gasteiger partial charge in [-0.25, -0.2) is 0 Å². The molecule has 1 N–H and O–H groups in total. The first-order chi connectivity index (χ1) is 11.5. The van der Waals surface area contributed by atoms with Crippen LogP contribution >= 0.6 is 0 Å². The fourth-order valence-electron chi connectivity index (χ4n) is 3.12. The molecule has 1 aliphatic heterocycles. The van der Waals surface area contributed by atoms with Crippen LogP contribution in [0.5, 0.6) is 11.5 Å². The molecule has 0 fully saturated rings.